The van der Waals surface area contributed by atoms with Crippen LogP contribution in [0.3, 0.4) is 0 Å². The highest BCUT2D eigenvalue weighted by atomic mass is 79.9. The number of fused-ring (bicyclic) bond motifs is 1. The summed E-state index contributed by atoms with van der Waals surface area (Å²) in [6, 6.07) is 12.4. The average Bonchev–Trinajstić information content (AvgIpc) is 3.25. The fraction of sp³-hybridized carbons (Fsp3) is 0.0870. The predicted octanol–water partition coefficient (Wildman–Crippen LogP) is 6.20. The molecule has 4 nitrogen and oxygen atoms in total. The van der Waals surface area contributed by atoms with Crippen molar-refractivity contribution in [3.63, 3.8) is 0 Å². The van der Waals surface area contributed by atoms with Gasteiger partial charge in [-0.25, -0.2) is 17.2 Å². The van der Waals surface area contributed by atoms with Gasteiger partial charge >= 0.3 is 0 Å². The van der Waals surface area contributed by atoms with Crippen molar-refractivity contribution in [3.8, 4) is 17.6 Å². The largest absolute Gasteiger partial charge is 0.454 e. The Balaban J connectivity index is 1.84. The molecule has 3 aromatic rings. The van der Waals surface area contributed by atoms with E-state index in [9.17, 15) is 12.8 Å². The number of nitrogens with zero attached hydrogens (tertiary/aromatic N) is 1. The van der Waals surface area contributed by atoms with E-state index in [0.29, 0.717) is 0 Å². The Morgan fingerprint density at radius 1 is 1.06 bits per heavy atom. The molecule has 0 heterocycles. The zero-order valence-electron chi connectivity index (χ0n) is 16.2. The van der Waals surface area contributed by atoms with Crippen molar-refractivity contribution in [2.24, 2.45) is 0 Å². The molecule has 0 aromatic heterocycles. The molecule has 1 aliphatic carbocycles. The van der Waals surface area contributed by atoms with E-state index in [2.05, 4.69) is 15.9 Å². The summed E-state index contributed by atoms with van der Waals surface area (Å²) in [5.74, 6) is -4.05. The van der Waals surface area contributed by atoms with E-state index >= 15 is 8.78 Å². The van der Waals surface area contributed by atoms with Crippen molar-refractivity contribution < 1.29 is 26.3 Å². The van der Waals surface area contributed by atoms with E-state index in [0.717, 1.165) is 12.1 Å². The molecule has 4 rings (SSSR count). The van der Waals surface area contributed by atoms with E-state index < -0.39 is 38.3 Å². The van der Waals surface area contributed by atoms with Gasteiger partial charge in [-0.05, 0) is 29.8 Å². The van der Waals surface area contributed by atoms with Gasteiger partial charge in [0.2, 0.25) is 5.82 Å². The summed E-state index contributed by atoms with van der Waals surface area (Å²) < 4.78 is 75.6. The maximum atomic E-state index is 15.2. The number of sulfone groups is 1. The van der Waals surface area contributed by atoms with Crippen molar-refractivity contribution in [2.75, 3.05) is 0 Å². The van der Waals surface area contributed by atoms with E-state index in [4.69, 9.17) is 10.00 Å². The van der Waals surface area contributed by atoms with E-state index in [1.165, 1.54) is 30.4 Å². The Labute approximate surface area is 190 Å². The van der Waals surface area contributed by atoms with Gasteiger partial charge in [0.25, 0.3) is 0 Å². The van der Waals surface area contributed by atoms with Crippen LogP contribution >= 0.6 is 15.9 Å². The topological polar surface area (TPSA) is 67.2 Å². The average molecular weight is 520 g/mol. The maximum Gasteiger partial charge on any atom is 0.201 e. The molecule has 1 atom stereocenters. The van der Waals surface area contributed by atoms with Gasteiger partial charge in [-0.15, -0.1) is 0 Å². The van der Waals surface area contributed by atoms with Crippen molar-refractivity contribution in [3.05, 3.63) is 94.3 Å². The molecule has 0 spiro atoms. The second-order valence-electron chi connectivity index (χ2n) is 6.89. The van der Waals surface area contributed by atoms with Crippen molar-refractivity contribution >= 4 is 31.8 Å². The van der Waals surface area contributed by atoms with Crippen LogP contribution in [0.2, 0.25) is 0 Å². The number of rotatable bonds is 5. The zero-order chi connectivity index (χ0) is 23.0. The summed E-state index contributed by atoms with van der Waals surface area (Å²) in [5.41, 5.74) is -0.254. The molecule has 0 saturated carbocycles. The number of halogens is 4. The molecule has 0 bridgehead atoms. The summed E-state index contributed by atoms with van der Waals surface area (Å²) in [6.07, 6.45) is 2.72. The molecule has 1 aliphatic rings. The molecule has 1 unspecified atom stereocenters. The van der Waals surface area contributed by atoms with Crippen LogP contribution in [0.25, 0.3) is 6.08 Å². The Hall–Kier alpha value is -3.09. The standard InChI is InChI=1S/C23H13BrF3NO3S/c24-11-17-16-7-9-19(32(29,30)15-4-2-1-3-5-15)20(16)21(26)22(27)23(17)31-14-6-8-18(25)13(10-14)12-28/h1-10,19H,11H2. The van der Waals surface area contributed by atoms with Crippen LogP contribution in [0.15, 0.2) is 59.5 Å². The first-order valence-electron chi connectivity index (χ1n) is 9.24. The van der Waals surface area contributed by atoms with Gasteiger partial charge < -0.3 is 4.74 Å². The van der Waals surface area contributed by atoms with Gasteiger partial charge in [0.1, 0.15) is 22.9 Å². The maximum absolute atomic E-state index is 15.2. The monoisotopic (exact) mass is 519 g/mol. The number of hydrogen-bond donors (Lipinski definition) is 0. The van der Waals surface area contributed by atoms with E-state index in [-0.39, 0.29) is 38.2 Å². The molecule has 162 valence electrons. The Kier molecular flexibility index (Phi) is 5.84. The summed E-state index contributed by atoms with van der Waals surface area (Å²) in [6.45, 7) is 0. The van der Waals surface area contributed by atoms with Gasteiger partial charge in [-0.2, -0.15) is 9.65 Å². The highest BCUT2D eigenvalue weighted by Crippen LogP contribution is 2.46. The second-order valence-corrected chi connectivity index (χ2v) is 9.52. The Morgan fingerprint density at radius 2 is 1.78 bits per heavy atom. The van der Waals surface area contributed by atoms with Crippen LogP contribution in [0, 0.1) is 28.8 Å². The fourth-order valence-corrected chi connectivity index (χ4v) is 5.74. The molecular formula is C23H13BrF3NO3S. The summed E-state index contributed by atoms with van der Waals surface area (Å²) in [5, 5.41) is 7.60. The number of nitriles is 1. The Morgan fingerprint density at radius 3 is 2.44 bits per heavy atom. The third-order valence-electron chi connectivity index (χ3n) is 5.06. The lowest BCUT2D eigenvalue weighted by atomic mass is 10.0. The number of benzene rings is 3. The van der Waals surface area contributed by atoms with Gasteiger partial charge in [0.05, 0.1) is 10.5 Å². The highest BCUT2D eigenvalue weighted by Gasteiger charge is 2.38. The van der Waals surface area contributed by atoms with E-state index in [1.54, 1.807) is 24.3 Å². The summed E-state index contributed by atoms with van der Waals surface area (Å²) in [7, 11) is -4.03. The lowest BCUT2D eigenvalue weighted by molar-refractivity contribution is 0.409. The minimum absolute atomic E-state index is 0.0154. The Bertz CT molecular complexity index is 1400. The first kappa shape index (κ1) is 22.1. The van der Waals surface area contributed by atoms with Gasteiger partial charge in [0, 0.05) is 22.5 Å². The third-order valence-corrected chi connectivity index (χ3v) is 7.61. The van der Waals surface area contributed by atoms with Crippen LogP contribution in [0.1, 0.15) is 27.5 Å². The lowest BCUT2D eigenvalue weighted by Crippen LogP contribution is -2.14. The van der Waals surface area contributed by atoms with Crippen molar-refractivity contribution in [2.45, 2.75) is 15.5 Å². The second kappa shape index (κ2) is 8.45. The van der Waals surface area contributed by atoms with Crippen molar-refractivity contribution in [1.82, 2.24) is 0 Å². The number of alkyl halides is 1. The predicted molar refractivity (Wildman–Crippen MR) is 116 cm³/mol. The smallest absolute Gasteiger partial charge is 0.201 e. The SMILES string of the molecule is N#Cc1cc(Oc2c(F)c(F)c3c(c2CBr)C=CC3S(=O)(=O)c2ccccc2)ccc1F. The van der Waals surface area contributed by atoms with Crippen LogP contribution in [0.4, 0.5) is 13.2 Å². The van der Waals surface area contributed by atoms with Gasteiger partial charge in [-0.1, -0.05) is 46.3 Å². The molecule has 9 heteroatoms. The summed E-state index contributed by atoms with van der Waals surface area (Å²) in [4.78, 5) is -0.0154. The van der Waals surface area contributed by atoms with Crippen LogP contribution in [-0.4, -0.2) is 8.42 Å². The van der Waals surface area contributed by atoms with Crippen LogP contribution in [0.5, 0.6) is 11.5 Å². The third kappa shape index (κ3) is 3.59. The molecular weight excluding hydrogens is 507 g/mol. The van der Waals surface area contributed by atoms with Crippen LogP contribution in [-0.2, 0) is 15.2 Å². The molecule has 0 amide bonds. The molecule has 3 aromatic carbocycles. The fourth-order valence-electron chi connectivity index (χ4n) is 3.53. The zero-order valence-corrected chi connectivity index (χ0v) is 18.6. The van der Waals surface area contributed by atoms with Crippen molar-refractivity contribution in [1.29, 1.82) is 5.26 Å². The molecule has 0 aliphatic heterocycles. The minimum Gasteiger partial charge on any atom is -0.454 e. The highest BCUT2D eigenvalue weighted by molar-refractivity contribution is 9.08. The summed E-state index contributed by atoms with van der Waals surface area (Å²) >= 11 is 3.22. The molecule has 0 radical (unpaired) electrons. The molecule has 0 N–H and O–H groups in total. The number of hydrogen-bond acceptors (Lipinski definition) is 4. The normalized spacial score (nSPS) is 14.8. The molecule has 0 saturated heterocycles. The molecule has 32 heavy (non-hydrogen) atoms. The van der Waals surface area contributed by atoms with E-state index in [1.807, 2.05) is 0 Å². The molecule has 0 fully saturated rings. The minimum atomic E-state index is -4.03. The van der Waals surface area contributed by atoms with Gasteiger partial charge in [-0.3, -0.25) is 0 Å². The van der Waals surface area contributed by atoms with Crippen LogP contribution < -0.4 is 4.74 Å². The van der Waals surface area contributed by atoms with Gasteiger partial charge in [0.15, 0.2) is 21.4 Å². The lowest BCUT2D eigenvalue weighted by Gasteiger charge is -2.19. The first-order valence-corrected chi connectivity index (χ1v) is 11.9. The quantitative estimate of drug-likeness (QED) is 0.376. The first-order chi connectivity index (χ1) is 15.3. The number of ether oxygens (including phenoxy) is 1.